The molecule has 0 radical (unpaired) electrons. The summed E-state index contributed by atoms with van der Waals surface area (Å²) in [7, 11) is 0. The molecule has 0 unspecified atom stereocenters. The highest BCUT2D eigenvalue weighted by Gasteiger charge is 2.03. The van der Waals surface area contributed by atoms with Gasteiger partial charge >= 0.3 is 0 Å². The second-order valence-electron chi connectivity index (χ2n) is 6.54. The number of rotatable bonds is 0. The molecule has 0 amide bonds. The van der Waals surface area contributed by atoms with Crippen LogP contribution in [-0.2, 0) is 0 Å². The van der Waals surface area contributed by atoms with E-state index in [0.29, 0.717) is 5.41 Å². The molecule has 0 aliphatic rings. The zero-order valence-electron chi connectivity index (χ0n) is 14.8. The maximum Gasteiger partial charge on any atom is -0.0385 e. The van der Waals surface area contributed by atoms with Crippen LogP contribution in [0, 0.1) is 5.41 Å². The quantitative estimate of drug-likeness (QED) is 0.401. The van der Waals surface area contributed by atoms with Crippen molar-refractivity contribution in [2.24, 2.45) is 5.41 Å². The molecule has 0 heteroatoms. The summed E-state index contributed by atoms with van der Waals surface area (Å²) in [6, 6.07) is 0. The molecule has 0 saturated carbocycles. The molecule has 0 saturated heterocycles. The smallest absolute Gasteiger partial charge is 0.0385 e. The Labute approximate surface area is 118 Å². The lowest BCUT2D eigenvalue weighted by atomic mass is 9.94. The molecule has 0 fully saturated rings. The molecule has 0 aliphatic heterocycles. The molecular weight excluding hydrogens is 216 g/mol. The summed E-state index contributed by atoms with van der Waals surface area (Å²) in [5, 5.41) is 0. The summed E-state index contributed by atoms with van der Waals surface area (Å²) < 4.78 is 0. The molecule has 0 aromatic heterocycles. The van der Waals surface area contributed by atoms with Crippen LogP contribution in [-0.4, -0.2) is 0 Å². The van der Waals surface area contributed by atoms with E-state index in [1.165, 1.54) is 23.1 Å². The number of allylic oxidation sites excluding steroid dienone is 3. The fourth-order valence-electron chi connectivity index (χ4n) is 0. The molecule has 0 spiro atoms. The van der Waals surface area contributed by atoms with Crippen molar-refractivity contribution in [3.05, 3.63) is 36.5 Å². The standard InChI is InChI=1S/C6H14.3C4H8/c1-5-6(2,3)4;3*1-4(2)3/h5H2,1-4H3;3*1H2,2-3H3. The van der Waals surface area contributed by atoms with Gasteiger partial charge in [-0.3, -0.25) is 0 Å². The predicted octanol–water partition coefficient (Wildman–Crippen LogP) is 7.19. The Hall–Kier alpha value is -0.780. The van der Waals surface area contributed by atoms with Gasteiger partial charge in [0.15, 0.2) is 0 Å². The molecule has 18 heavy (non-hydrogen) atoms. The highest BCUT2D eigenvalue weighted by Crippen LogP contribution is 2.16. The lowest BCUT2D eigenvalue weighted by Crippen LogP contribution is -2.00. The molecule has 0 aliphatic carbocycles. The largest absolute Gasteiger partial charge is 0.100 e. The van der Waals surface area contributed by atoms with E-state index in [1.807, 2.05) is 41.5 Å². The first kappa shape index (κ1) is 25.9. The van der Waals surface area contributed by atoms with Gasteiger partial charge in [-0.15, -0.1) is 19.7 Å². The first-order valence-corrected chi connectivity index (χ1v) is 6.62. The second kappa shape index (κ2) is 16.2. The molecule has 110 valence electrons. The van der Waals surface area contributed by atoms with Gasteiger partial charge in [0, 0.05) is 0 Å². The minimum atomic E-state index is 0.542. The van der Waals surface area contributed by atoms with Crippen LogP contribution in [0.15, 0.2) is 36.5 Å². The summed E-state index contributed by atoms with van der Waals surface area (Å²) in [6.07, 6.45) is 1.27. The third kappa shape index (κ3) is 624. The molecule has 0 atom stereocenters. The second-order valence-corrected chi connectivity index (χ2v) is 6.54. The van der Waals surface area contributed by atoms with Crippen molar-refractivity contribution in [1.29, 1.82) is 0 Å². The van der Waals surface area contributed by atoms with Crippen molar-refractivity contribution >= 4 is 0 Å². The Bertz CT molecular complexity index is 170. The Morgan fingerprint density at radius 3 is 0.722 bits per heavy atom. The first-order chi connectivity index (χ1) is 7.76. The molecule has 0 rings (SSSR count). The monoisotopic (exact) mass is 254 g/mol. The highest BCUT2D eigenvalue weighted by atomic mass is 14.1. The van der Waals surface area contributed by atoms with E-state index in [9.17, 15) is 0 Å². The molecule has 0 aromatic carbocycles. The van der Waals surface area contributed by atoms with E-state index in [1.54, 1.807) is 0 Å². The molecule has 0 nitrogen and oxygen atoms in total. The van der Waals surface area contributed by atoms with Gasteiger partial charge in [0.1, 0.15) is 0 Å². The molecular formula is C18H38. The van der Waals surface area contributed by atoms with Gasteiger partial charge in [-0.1, -0.05) is 50.8 Å². The normalized spacial score (nSPS) is 8.33. The van der Waals surface area contributed by atoms with E-state index in [2.05, 4.69) is 47.4 Å². The average Bonchev–Trinajstić information content (AvgIpc) is 1.99. The summed E-state index contributed by atoms with van der Waals surface area (Å²) >= 11 is 0. The minimum absolute atomic E-state index is 0.542. The van der Waals surface area contributed by atoms with Crippen molar-refractivity contribution in [3.8, 4) is 0 Å². The van der Waals surface area contributed by atoms with Crippen LogP contribution in [0.5, 0.6) is 0 Å². The fourth-order valence-corrected chi connectivity index (χ4v) is 0. The lowest BCUT2D eigenvalue weighted by molar-refractivity contribution is 0.398. The van der Waals surface area contributed by atoms with Crippen LogP contribution >= 0.6 is 0 Å². The SMILES string of the molecule is C=C(C)C.C=C(C)C.C=C(C)C.CCC(C)(C)C. The van der Waals surface area contributed by atoms with Gasteiger partial charge in [-0.25, -0.2) is 0 Å². The summed E-state index contributed by atoms with van der Waals surface area (Å²) in [4.78, 5) is 0. The third-order valence-electron chi connectivity index (χ3n) is 1.06. The van der Waals surface area contributed by atoms with Crippen LogP contribution in [0.25, 0.3) is 0 Å². The van der Waals surface area contributed by atoms with Crippen molar-refractivity contribution in [3.63, 3.8) is 0 Å². The first-order valence-electron chi connectivity index (χ1n) is 6.62. The van der Waals surface area contributed by atoms with Gasteiger partial charge in [0.25, 0.3) is 0 Å². The van der Waals surface area contributed by atoms with E-state index >= 15 is 0 Å². The Morgan fingerprint density at radius 1 is 0.667 bits per heavy atom. The van der Waals surface area contributed by atoms with Gasteiger partial charge in [0.05, 0.1) is 0 Å². The van der Waals surface area contributed by atoms with Crippen LogP contribution in [0.3, 0.4) is 0 Å². The average molecular weight is 255 g/mol. The lowest BCUT2D eigenvalue weighted by Gasteiger charge is -2.12. The van der Waals surface area contributed by atoms with Crippen molar-refractivity contribution in [2.75, 3.05) is 0 Å². The van der Waals surface area contributed by atoms with Crippen LogP contribution < -0.4 is 0 Å². The molecule has 0 heterocycles. The van der Waals surface area contributed by atoms with E-state index < -0.39 is 0 Å². The van der Waals surface area contributed by atoms with Gasteiger partial charge in [-0.05, 0) is 47.0 Å². The minimum Gasteiger partial charge on any atom is -0.100 e. The van der Waals surface area contributed by atoms with Gasteiger partial charge in [-0.2, -0.15) is 0 Å². The Balaban J connectivity index is -0.0000000742. The van der Waals surface area contributed by atoms with Crippen molar-refractivity contribution in [1.82, 2.24) is 0 Å². The Kier molecular flexibility index (Phi) is 23.4. The van der Waals surface area contributed by atoms with Gasteiger partial charge < -0.3 is 0 Å². The molecule has 0 N–H and O–H groups in total. The van der Waals surface area contributed by atoms with E-state index in [-0.39, 0.29) is 0 Å². The van der Waals surface area contributed by atoms with Crippen LogP contribution in [0.4, 0.5) is 0 Å². The summed E-state index contributed by atoms with van der Waals surface area (Å²) in [5.74, 6) is 0. The maximum atomic E-state index is 3.56. The van der Waals surface area contributed by atoms with E-state index in [4.69, 9.17) is 0 Å². The zero-order valence-corrected chi connectivity index (χ0v) is 14.8. The highest BCUT2D eigenvalue weighted by molar-refractivity contribution is 4.79. The summed E-state index contributed by atoms with van der Waals surface area (Å²) in [6.45, 7) is 31.4. The van der Waals surface area contributed by atoms with Crippen LogP contribution in [0.1, 0.15) is 75.7 Å². The third-order valence-corrected chi connectivity index (χ3v) is 1.06. The van der Waals surface area contributed by atoms with Crippen molar-refractivity contribution < 1.29 is 0 Å². The molecule has 0 bridgehead atoms. The van der Waals surface area contributed by atoms with Gasteiger partial charge in [0.2, 0.25) is 0 Å². The molecule has 0 aromatic rings. The maximum absolute atomic E-state index is 3.56. The van der Waals surface area contributed by atoms with E-state index in [0.717, 1.165) is 0 Å². The Morgan fingerprint density at radius 2 is 0.722 bits per heavy atom. The fraction of sp³-hybridized carbons (Fsp3) is 0.667. The van der Waals surface area contributed by atoms with Crippen molar-refractivity contribution in [2.45, 2.75) is 75.7 Å². The number of hydrogen-bond donors (Lipinski definition) is 0. The number of hydrogen-bond acceptors (Lipinski definition) is 0. The zero-order chi connectivity index (χ0) is 15.9. The summed E-state index contributed by atoms with van der Waals surface area (Å²) in [5.41, 5.74) is 4.04. The topological polar surface area (TPSA) is 0 Å². The predicted molar refractivity (Wildman–Crippen MR) is 91.2 cm³/mol. The van der Waals surface area contributed by atoms with Crippen LogP contribution in [0.2, 0.25) is 0 Å².